The molecule has 0 saturated carbocycles. The van der Waals surface area contributed by atoms with E-state index < -0.39 is 0 Å². The Morgan fingerprint density at radius 3 is 2.71 bits per heavy atom. The van der Waals surface area contributed by atoms with Gasteiger partial charge in [-0.15, -0.1) is 0 Å². The van der Waals surface area contributed by atoms with Crippen LogP contribution in [0.2, 0.25) is 0 Å². The van der Waals surface area contributed by atoms with Crippen molar-refractivity contribution < 1.29 is 4.79 Å². The fraction of sp³-hybridized carbons (Fsp3) is 0.143. The first kappa shape index (κ1) is 14.9. The molecule has 7 heteroatoms. The van der Waals surface area contributed by atoms with Crippen LogP contribution in [0.3, 0.4) is 0 Å². The minimum Gasteiger partial charge on any atom is -0.335 e. The Kier molecular flexibility index (Phi) is 4.78. The van der Waals surface area contributed by atoms with Gasteiger partial charge in [-0.2, -0.15) is 5.10 Å². The number of hydrazone groups is 1. The van der Waals surface area contributed by atoms with Crippen LogP contribution in [-0.2, 0) is 11.2 Å². The second-order valence-corrected chi connectivity index (χ2v) is 4.90. The topological polar surface area (TPSA) is 90.1 Å². The summed E-state index contributed by atoms with van der Waals surface area (Å²) in [6.45, 7) is 1.99. The molecule has 0 saturated heterocycles. The predicted octanol–water partition coefficient (Wildman–Crippen LogP) is 1.43. The van der Waals surface area contributed by atoms with Crippen molar-refractivity contribution in [3.63, 3.8) is 0 Å². The molecule has 2 aromatic rings. The highest BCUT2D eigenvalue weighted by Crippen LogP contribution is 1.99. The molecule has 108 valence electrons. The van der Waals surface area contributed by atoms with Crippen molar-refractivity contribution in [2.75, 3.05) is 0 Å². The van der Waals surface area contributed by atoms with Gasteiger partial charge in [0.2, 0.25) is 5.91 Å². The highest BCUT2D eigenvalue weighted by molar-refractivity contribution is 7.71. The van der Waals surface area contributed by atoms with Gasteiger partial charge in [-0.25, -0.2) is 5.43 Å². The van der Waals surface area contributed by atoms with Gasteiger partial charge in [-0.1, -0.05) is 29.8 Å². The zero-order valence-corrected chi connectivity index (χ0v) is 12.2. The standard InChI is InChI=1S/C14H14N4O2S/c1-9-2-4-10(5-3-9)8-15-18-13(20)7-11-6-12(19)17-14(21)16-11/h2-6,8H,7H2,1H3,(H,18,20)(H2,16,17,19,21)/b15-8-. The molecule has 0 unspecified atom stereocenters. The molecule has 0 aliphatic heterocycles. The average molecular weight is 302 g/mol. The van der Waals surface area contributed by atoms with Crippen LogP contribution in [0, 0.1) is 11.7 Å². The molecule has 1 amide bonds. The van der Waals surface area contributed by atoms with E-state index in [0.29, 0.717) is 5.69 Å². The van der Waals surface area contributed by atoms with E-state index >= 15 is 0 Å². The number of amides is 1. The molecular formula is C14H14N4O2S. The largest absolute Gasteiger partial charge is 0.335 e. The molecule has 0 spiro atoms. The van der Waals surface area contributed by atoms with E-state index in [-0.39, 0.29) is 22.7 Å². The molecule has 3 N–H and O–H groups in total. The van der Waals surface area contributed by atoms with Crippen molar-refractivity contribution >= 4 is 24.3 Å². The van der Waals surface area contributed by atoms with Crippen LogP contribution >= 0.6 is 12.2 Å². The van der Waals surface area contributed by atoms with E-state index in [4.69, 9.17) is 12.2 Å². The number of aromatic nitrogens is 2. The van der Waals surface area contributed by atoms with Gasteiger partial charge in [0, 0.05) is 11.8 Å². The number of nitrogens with zero attached hydrogens (tertiary/aromatic N) is 1. The Morgan fingerprint density at radius 2 is 2.05 bits per heavy atom. The Hall–Kier alpha value is -2.54. The molecule has 0 radical (unpaired) electrons. The average Bonchev–Trinajstić information content (AvgIpc) is 2.39. The summed E-state index contributed by atoms with van der Waals surface area (Å²) in [7, 11) is 0. The SMILES string of the molecule is Cc1ccc(/C=N\NC(=O)Cc2cc(=O)[nH]c(=S)[nH]2)cc1. The summed E-state index contributed by atoms with van der Waals surface area (Å²) >= 11 is 4.83. The summed E-state index contributed by atoms with van der Waals surface area (Å²) in [5.41, 5.74) is 4.53. The molecule has 0 aliphatic carbocycles. The summed E-state index contributed by atoms with van der Waals surface area (Å²) in [4.78, 5) is 28.0. The summed E-state index contributed by atoms with van der Waals surface area (Å²) < 4.78 is 0.188. The van der Waals surface area contributed by atoms with Gasteiger partial charge in [-0.05, 0) is 24.7 Å². The van der Waals surface area contributed by atoms with Crippen LogP contribution in [0.15, 0.2) is 40.2 Å². The van der Waals surface area contributed by atoms with Crippen molar-refractivity contribution in [2.45, 2.75) is 13.3 Å². The van der Waals surface area contributed by atoms with Crippen LogP contribution in [-0.4, -0.2) is 22.1 Å². The van der Waals surface area contributed by atoms with Gasteiger partial charge >= 0.3 is 0 Å². The normalized spacial score (nSPS) is 10.7. The fourth-order valence-corrected chi connectivity index (χ4v) is 1.89. The molecule has 6 nitrogen and oxygen atoms in total. The van der Waals surface area contributed by atoms with Gasteiger partial charge in [0.05, 0.1) is 12.6 Å². The molecule has 1 heterocycles. The molecule has 1 aromatic heterocycles. The van der Waals surface area contributed by atoms with E-state index in [1.807, 2.05) is 31.2 Å². The molecular weight excluding hydrogens is 288 g/mol. The van der Waals surface area contributed by atoms with Crippen LogP contribution in [0.4, 0.5) is 0 Å². The first-order chi connectivity index (χ1) is 10.0. The number of aromatic amines is 2. The minimum atomic E-state index is -0.343. The number of carbonyl (C=O) groups excluding carboxylic acids is 1. The highest BCUT2D eigenvalue weighted by Gasteiger charge is 2.03. The van der Waals surface area contributed by atoms with Crippen molar-refractivity contribution in [1.29, 1.82) is 0 Å². The number of hydrogen-bond donors (Lipinski definition) is 3. The maximum absolute atomic E-state index is 11.7. The highest BCUT2D eigenvalue weighted by atomic mass is 32.1. The first-order valence-corrected chi connectivity index (χ1v) is 6.65. The van der Waals surface area contributed by atoms with Gasteiger partial charge < -0.3 is 4.98 Å². The molecule has 1 aromatic carbocycles. The van der Waals surface area contributed by atoms with Gasteiger partial charge in [-0.3, -0.25) is 14.6 Å². The van der Waals surface area contributed by atoms with Crippen LogP contribution in [0.5, 0.6) is 0 Å². The Labute approximate surface area is 125 Å². The summed E-state index contributed by atoms with van der Waals surface area (Å²) in [5, 5.41) is 3.86. The Morgan fingerprint density at radius 1 is 1.33 bits per heavy atom. The summed E-state index contributed by atoms with van der Waals surface area (Å²) in [5.74, 6) is -0.338. The zero-order valence-electron chi connectivity index (χ0n) is 11.3. The van der Waals surface area contributed by atoms with E-state index in [1.54, 1.807) is 6.21 Å². The molecule has 0 atom stereocenters. The van der Waals surface area contributed by atoms with Gasteiger partial charge in [0.15, 0.2) is 4.77 Å². The van der Waals surface area contributed by atoms with Crippen molar-refractivity contribution in [2.24, 2.45) is 5.10 Å². The summed E-state index contributed by atoms with van der Waals surface area (Å²) in [6, 6.07) is 9.01. The number of aryl methyl sites for hydroxylation is 1. The van der Waals surface area contributed by atoms with Crippen LogP contribution < -0.4 is 11.0 Å². The monoisotopic (exact) mass is 302 g/mol. The van der Waals surface area contributed by atoms with Gasteiger partial charge in [0.1, 0.15) is 0 Å². The third-order valence-corrected chi connectivity index (χ3v) is 2.85. The molecule has 0 bridgehead atoms. The molecule has 0 aliphatic rings. The van der Waals surface area contributed by atoms with E-state index in [0.717, 1.165) is 11.1 Å². The van der Waals surface area contributed by atoms with E-state index in [2.05, 4.69) is 20.5 Å². The van der Waals surface area contributed by atoms with Crippen molar-refractivity contribution in [3.8, 4) is 0 Å². The quantitative estimate of drug-likeness (QED) is 0.453. The van der Waals surface area contributed by atoms with Crippen molar-refractivity contribution in [3.05, 3.63) is 62.3 Å². The maximum atomic E-state index is 11.7. The lowest BCUT2D eigenvalue weighted by Crippen LogP contribution is -2.21. The van der Waals surface area contributed by atoms with Gasteiger partial charge in [0.25, 0.3) is 5.56 Å². The molecule has 0 fully saturated rings. The maximum Gasteiger partial charge on any atom is 0.251 e. The number of rotatable bonds is 4. The Bertz CT molecular complexity index is 746. The summed E-state index contributed by atoms with van der Waals surface area (Å²) in [6.07, 6.45) is 1.55. The number of carbonyl (C=O) groups is 1. The first-order valence-electron chi connectivity index (χ1n) is 6.24. The lowest BCUT2D eigenvalue weighted by atomic mass is 10.2. The van der Waals surface area contributed by atoms with Crippen LogP contribution in [0.1, 0.15) is 16.8 Å². The lowest BCUT2D eigenvalue weighted by molar-refractivity contribution is -0.120. The third-order valence-electron chi connectivity index (χ3n) is 2.65. The van der Waals surface area contributed by atoms with Crippen molar-refractivity contribution in [1.82, 2.24) is 15.4 Å². The van der Waals surface area contributed by atoms with E-state index in [1.165, 1.54) is 6.07 Å². The smallest absolute Gasteiger partial charge is 0.251 e. The number of hydrogen-bond acceptors (Lipinski definition) is 4. The zero-order chi connectivity index (χ0) is 15.2. The minimum absolute atomic E-state index is 0.00119. The second kappa shape index (κ2) is 6.76. The number of H-pyrrole nitrogens is 2. The van der Waals surface area contributed by atoms with Crippen LogP contribution in [0.25, 0.3) is 0 Å². The second-order valence-electron chi connectivity index (χ2n) is 4.49. The van der Waals surface area contributed by atoms with E-state index in [9.17, 15) is 9.59 Å². The molecule has 21 heavy (non-hydrogen) atoms. The Balaban J connectivity index is 1.94. The fourth-order valence-electron chi connectivity index (χ4n) is 1.66. The lowest BCUT2D eigenvalue weighted by Gasteiger charge is -2.00. The number of nitrogens with one attached hydrogen (secondary N) is 3. The molecule has 2 rings (SSSR count). The number of benzene rings is 1. The predicted molar refractivity (Wildman–Crippen MR) is 82.9 cm³/mol. The third kappa shape index (κ3) is 4.81.